The van der Waals surface area contributed by atoms with Crippen LogP contribution >= 0.6 is 12.2 Å². The monoisotopic (exact) mass is 338 g/mol. The Labute approximate surface area is 142 Å². The zero-order valence-corrected chi connectivity index (χ0v) is 13.4. The van der Waals surface area contributed by atoms with Crippen molar-refractivity contribution in [3.63, 3.8) is 0 Å². The molecule has 3 aromatic rings. The number of H-pyrrole nitrogens is 1. The maximum absolute atomic E-state index is 12.5. The first-order valence-corrected chi connectivity index (χ1v) is 7.63. The van der Waals surface area contributed by atoms with Gasteiger partial charge in [-0.15, -0.1) is 0 Å². The maximum Gasteiger partial charge on any atom is 0.297 e. The minimum Gasteiger partial charge on any atom is -0.507 e. The molecule has 3 rings (SSSR count). The van der Waals surface area contributed by atoms with Crippen molar-refractivity contribution >= 4 is 18.4 Å². The predicted molar refractivity (Wildman–Crippen MR) is 94.0 cm³/mol. The number of phenols is 1. The van der Waals surface area contributed by atoms with Crippen molar-refractivity contribution in [2.45, 2.75) is 6.42 Å². The molecule has 0 aliphatic carbocycles. The van der Waals surface area contributed by atoms with Crippen LogP contribution in [0.25, 0.3) is 0 Å². The normalized spacial score (nSPS) is 11.0. The summed E-state index contributed by atoms with van der Waals surface area (Å²) in [5, 5.41) is 20.5. The maximum atomic E-state index is 12.5. The summed E-state index contributed by atoms with van der Waals surface area (Å²) in [6, 6.07) is 16.2. The van der Waals surface area contributed by atoms with Gasteiger partial charge in [-0.3, -0.25) is 9.89 Å². The first-order valence-electron chi connectivity index (χ1n) is 7.22. The Morgan fingerprint density at radius 2 is 1.88 bits per heavy atom. The molecule has 7 heteroatoms. The first kappa shape index (κ1) is 15.8. The van der Waals surface area contributed by atoms with Gasteiger partial charge in [0.05, 0.1) is 6.21 Å². The molecule has 0 unspecified atom stereocenters. The molecule has 1 aromatic heterocycles. The number of nitrogens with zero attached hydrogens (tertiary/aromatic N) is 3. The van der Waals surface area contributed by atoms with E-state index in [1.54, 1.807) is 18.2 Å². The SMILES string of the molecule is O=c1c(Cc2ccccc2)n[nH]c(=S)n1/N=C/c1ccccc1O. The number of aromatic hydroxyl groups is 1. The van der Waals surface area contributed by atoms with Gasteiger partial charge in [0.25, 0.3) is 5.56 Å². The Morgan fingerprint density at radius 1 is 1.17 bits per heavy atom. The lowest BCUT2D eigenvalue weighted by atomic mass is 10.1. The van der Waals surface area contributed by atoms with E-state index in [2.05, 4.69) is 15.3 Å². The average molecular weight is 338 g/mol. The Morgan fingerprint density at radius 3 is 2.62 bits per heavy atom. The fraction of sp³-hybridized carbons (Fsp3) is 0.0588. The molecule has 0 amide bonds. The fourth-order valence-electron chi connectivity index (χ4n) is 2.15. The molecule has 0 spiro atoms. The van der Waals surface area contributed by atoms with Crippen molar-refractivity contribution in [3.05, 3.63) is 86.5 Å². The Kier molecular flexibility index (Phi) is 4.62. The number of para-hydroxylation sites is 1. The van der Waals surface area contributed by atoms with Crippen LogP contribution in [0, 0.1) is 4.77 Å². The second-order valence-corrected chi connectivity index (χ2v) is 5.44. The van der Waals surface area contributed by atoms with Crippen molar-refractivity contribution < 1.29 is 5.11 Å². The zero-order chi connectivity index (χ0) is 16.9. The summed E-state index contributed by atoms with van der Waals surface area (Å²) >= 11 is 5.08. The Hall–Kier alpha value is -3.06. The largest absolute Gasteiger partial charge is 0.507 e. The highest BCUT2D eigenvalue weighted by Gasteiger charge is 2.08. The van der Waals surface area contributed by atoms with Crippen LogP contribution in [0.2, 0.25) is 0 Å². The highest BCUT2D eigenvalue weighted by Crippen LogP contribution is 2.12. The zero-order valence-electron chi connectivity index (χ0n) is 12.6. The lowest BCUT2D eigenvalue weighted by Crippen LogP contribution is -2.25. The Bertz CT molecular complexity index is 993. The third kappa shape index (κ3) is 3.47. The van der Waals surface area contributed by atoms with E-state index in [4.69, 9.17) is 12.2 Å². The van der Waals surface area contributed by atoms with Gasteiger partial charge >= 0.3 is 0 Å². The van der Waals surface area contributed by atoms with Gasteiger partial charge in [-0.2, -0.15) is 14.9 Å². The van der Waals surface area contributed by atoms with Gasteiger partial charge in [0.2, 0.25) is 4.77 Å². The third-order valence-electron chi connectivity index (χ3n) is 3.38. The molecular weight excluding hydrogens is 324 g/mol. The van der Waals surface area contributed by atoms with Gasteiger partial charge in [-0.1, -0.05) is 42.5 Å². The number of phenolic OH excluding ortho intramolecular Hbond substituents is 1. The molecule has 6 nitrogen and oxygen atoms in total. The average Bonchev–Trinajstić information content (AvgIpc) is 2.60. The van der Waals surface area contributed by atoms with Crippen LogP contribution < -0.4 is 5.56 Å². The molecule has 0 fully saturated rings. The van der Waals surface area contributed by atoms with E-state index in [0.717, 1.165) is 10.2 Å². The van der Waals surface area contributed by atoms with E-state index in [0.29, 0.717) is 17.7 Å². The van der Waals surface area contributed by atoms with Crippen molar-refractivity contribution in [3.8, 4) is 5.75 Å². The smallest absolute Gasteiger partial charge is 0.297 e. The highest BCUT2D eigenvalue weighted by molar-refractivity contribution is 7.71. The molecule has 0 bridgehead atoms. The van der Waals surface area contributed by atoms with Crippen molar-refractivity contribution in [1.82, 2.24) is 14.9 Å². The van der Waals surface area contributed by atoms with Gasteiger partial charge in [0, 0.05) is 12.0 Å². The molecule has 2 aromatic carbocycles. The Balaban J connectivity index is 1.97. The third-order valence-corrected chi connectivity index (χ3v) is 3.65. The van der Waals surface area contributed by atoms with Crippen LogP contribution in [0.3, 0.4) is 0 Å². The van der Waals surface area contributed by atoms with Crippen LogP contribution in [-0.4, -0.2) is 26.2 Å². The van der Waals surface area contributed by atoms with E-state index in [9.17, 15) is 9.90 Å². The van der Waals surface area contributed by atoms with Gasteiger partial charge in [-0.25, -0.2) is 0 Å². The quantitative estimate of drug-likeness (QED) is 0.565. The van der Waals surface area contributed by atoms with Crippen molar-refractivity contribution in [2.75, 3.05) is 0 Å². The number of aromatic amines is 1. The molecule has 0 aliphatic rings. The molecule has 2 N–H and O–H groups in total. The molecule has 0 saturated carbocycles. The summed E-state index contributed by atoms with van der Waals surface area (Å²) in [5.74, 6) is 0.0720. The van der Waals surface area contributed by atoms with E-state index < -0.39 is 5.56 Å². The van der Waals surface area contributed by atoms with Crippen LogP contribution in [0.5, 0.6) is 5.75 Å². The molecule has 0 aliphatic heterocycles. The van der Waals surface area contributed by atoms with Gasteiger partial charge in [0.15, 0.2) is 0 Å². The molecule has 120 valence electrons. The van der Waals surface area contributed by atoms with E-state index in [1.807, 2.05) is 30.3 Å². The molecule has 0 saturated heterocycles. The summed E-state index contributed by atoms with van der Waals surface area (Å²) in [6.45, 7) is 0. The van der Waals surface area contributed by atoms with Gasteiger partial charge in [-0.05, 0) is 29.9 Å². The lowest BCUT2D eigenvalue weighted by molar-refractivity contribution is 0.474. The van der Waals surface area contributed by atoms with E-state index in [1.165, 1.54) is 12.3 Å². The summed E-state index contributed by atoms with van der Waals surface area (Å²) in [5.41, 5.74) is 1.36. The summed E-state index contributed by atoms with van der Waals surface area (Å²) in [4.78, 5) is 12.5. The van der Waals surface area contributed by atoms with Crippen LogP contribution in [0.1, 0.15) is 16.8 Å². The van der Waals surface area contributed by atoms with Crippen LogP contribution in [-0.2, 0) is 6.42 Å². The minimum absolute atomic E-state index is 0.0720. The summed E-state index contributed by atoms with van der Waals surface area (Å²) < 4.78 is 1.15. The van der Waals surface area contributed by atoms with Crippen molar-refractivity contribution in [1.29, 1.82) is 0 Å². The summed E-state index contributed by atoms with van der Waals surface area (Å²) in [7, 11) is 0. The molecule has 0 radical (unpaired) electrons. The number of benzene rings is 2. The number of hydrogen-bond donors (Lipinski definition) is 2. The topological polar surface area (TPSA) is 83.3 Å². The molecule has 24 heavy (non-hydrogen) atoms. The van der Waals surface area contributed by atoms with Gasteiger partial charge < -0.3 is 5.11 Å². The molecule has 0 atom stereocenters. The number of nitrogens with one attached hydrogen (secondary N) is 1. The van der Waals surface area contributed by atoms with Crippen LogP contribution in [0.4, 0.5) is 0 Å². The standard InChI is InChI=1S/C17H14N4O2S/c22-15-9-5-4-8-13(15)11-18-21-16(23)14(19-20-17(21)24)10-12-6-2-1-3-7-12/h1-9,11,22H,10H2,(H,20,24)/b18-11+. The number of rotatable bonds is 4. The first-order chi connectivity index (χ1) is 11.6. The van der Waals surface area contributed by atoms with Crippen molar-refractivity contribution in [2.24, 2.45) is 5.10 Å². The minimum atomic E-state index is -0.394. The number of hydrogen-bond acceptors (Lipinski definition) is 5. The molecular formula is C17H14N4O2S. The predicted octanol–water partition coefficient (Wildman–Crippen LogP) is 2.48. The number of aromatic nitrogens is 3. The van der Waals surface area contributed by atoms with E-state index in [-0.39, 0.29) is 10.5 Å². The van der Waals surface area contributed by atoms with Crippen LogP contribution in [0.15, 0.2) is 64.5 Å². The van der Waals surface area contributed by atoms with Gasteiger partial charge in [0.1, 0.15) is 11.4 Å². The van der Waals surface area contributed by atoms with E-state index >= 15 is 0 Å². The second kappa shape index (κ2) is 7.01. The lowest BCUT2D eigenvalue weighted by Gasteiger charge is -2.03. The highest BCUT2D eigenvalue weighted by atomic mass is 32.1. The summed E-state index contributed by atoms with van der Waals surface area (Å²) in [6.07, 6.45) is 1.75. The second-order valence-electron chi connectivity index (χ2n) is 5.06. The molecule has 1 heterocycles. The fourth-order valence-corrected chi connectivity index (χ4v) is 2.33.